The molecule has 0 unspecified atom stereocenters. The van der Waals surface area contributed by atoms with E-state index in [9.17, 15) is 14.0 Å². The van der Waals surface area contributed by atoms with E-state index in [1.54, 1.807) is 24.3 Å². The van der Waals surface area contributed by atoms with Gasteiger partial charge in [-0.2, -0.15) is 0 Å². The van der Waals surface area contributed by atoms with Crippen molar-refractivity contribution in [3.8, 4) is 22.4 Å². The molecular weight excluding hydrogens is 307 g/mol. The van der Waals surface area contributed by atoms with Crippen LogP contribution in [0, 0.1) is 5.82 Å². The third-order valence-electron chi connectivity index (χ3n) is 3.54. The number of carbonyl (C=O) groups is 1. The van der Waals surface area contributed by atoms with Crippen LogP contribution in [0.15, 0.2) is 65.5 Å². The monoisotopic (exact) mass is 322 g/mol. The molecule has 1 amide bonds. The van der Waals surface area contributed by atoms with Crippen molar-refractivity contribution in [3.05, 3.63) is 76.8 Å². The first kappa shape index (κ1) is 15.7. The second-order valence-corrected chi connectivity index (χ2v) is 5.41. The molecule has 5 heteroatoms. The second kappa shape index (κ2) is 6.50. The lowest BCUT2D eigenvalue weighted by Gasteiger charge is -2.07. The standard InChI is InChI=1S/C19H15FN2O2/c1-12(23)21-17-8-4-13(5-9-17)15-10-18(22-19(24)11-15)14-2-6-16(20)7-3-14/h2-11H,1H3,(H,21,23)(H,22,24). The van der Waals surface area contributed by atoms with Crippen LogP contribution in [0.25, 0.3) is 22.4 Å². The van der Waals surface area contributed by atoms with Crippen LogP contribution in [0.4, 0.5) is 10.1 Å². The van der Waals surface area contributed by atoms with Crippen molar-refractivity contribution < 1.29 is 9.18 Å². The number of nitrogens with one attached hydrogen (secondary N) is 2. The molecule has 0 saturated heterocycles. The zero-order valence-corrected chi connectivity index (χ0v) is 13.0. The van der Waals surface area contributed by atoms with Gasteiger partial charge in [0.15, 0.2) is 0 Å². The van der Waals surface area contributed by atoms with Gasteiger partial charge in [-0.05, 0) is 59.2 Å². The molecule has 3 rings (SSSR count). The Kier molecular flexibility index (Phi) is 4.24. The summed E-state index contributed by atoms with van der Waals surface area (Å²) in [6.07, 6.45) is 0. The molecule has 0 fully saturated rings. The van der Waals surface area contributed by atoms with Crippen LogP contribution in [-0.2, 0) is 4.79 Å². The summed E-state index contributed by atoms with van der Waals surface area (Å²) >= 11 is 0. The fraction of sp³-hybridized carbons (Fsp3) is 0.0526. The average molecular weight is 322 g/mol. The molecule has 2 aromatic carbocycles. The molecule has 0 saturated carbocycles. The van der Waals surface area contributed by atoms with E-state index < -0.39 is 0 Å². The van der Waals surface area contributed by atoms with Gasteiger partial charge in [0.05, 0.1) is 0 Å². The van der Waals surface area contributed by atoms with E-state index in [1.165, 1.54) is 25.1 Å². The van der Waals surface area contributed by atoms with E-state index in [0.717, 1.165) is 16.7 Å². The fourth-order valence-corrected chi connectivity index (χ4v) is 2.44. The van der Waals surface area contributed by atoms with Crippen molar-refractivity contribution in [3.63, 3.8) is 0 Å². The summed E-state index contributed by atoms with van der Waals surface area (Å²) in [5.41, 5.74) is 3.38. The summed E-state index contributed by atoms with van der Waals surface area (Å²) in [6, 6.07) is 16.5. The number of anilines is 1. The van der Waals surface area contributed by atoms with Crippen LogP contribution in [0.1, 0.15) is 6.92 Å². The number of hydrogen-bond donors (Lipinski definition) is 2. The van der Waals surface area contributed by atoms with Crippen molar-refractivity contribution in [2.24, 2.45) is 0 Å². The zero-order chi connectivity index (χ0) is 17.1. The minimum absolute atomic E-state index is 0.141. The molecule has 0 spiro atoms. The van der Waals surface area contributed by atoms with Crippen LogP contribution in [-0.4, -0.2) is 10.9 Å². The molecule has 1 heterocycles. The Morgan fingerprint density at radius 2 is 1.54 bits per heavy atom. The lowest BCUT2D eigenvalue weighted by molar-refractivity contribution is -0.114. The maximum Gasteiger partial charge on any atom is 0.249 e. The quantitative estimate of drug-likeness (QED) is 0.770. The number of rotatable bonds is 3. The molecule has 0 atom stereocenters. The molecule has 0 aliphatic rings. The van der Waals surface area contributed by atoms with Crippen LogP contribution >= 0.6 is 0 Å². The number of H-pyrrole nitrogens is 1. The summed E-state index contributed by atoms with van der Waals surface area (Å²) in [4.78, 5) is 25.8. The normalized spacial score (nSPS) is 10.4. The lowest BCUT2D eigenvalue weighted by Crippen LogP contribution is -2.06. The number of aromatic nitrogens is 1. The van der Waals surface area contributed by atoms with Crippen molar-refractivity contribution in [1.29, 1.82) is 0 Å². The first-order valence-corrected chi connectivity index (χ1v) is 7.39. The highest BCUT2D eigenvalue weighted by Crippen LogP contribution is 2.24. The maximum absolute atomic E-state index is 13.1. The highest BCUT2D eigenvalue weighted by atomic mass is 19.1. The summed E-state index contributed by atoms with van der Waals surface area (Å²) < 4.78 is 13.1. The molecule has 0 aliphatic heterocycles. The van der Waals surface area contributed by atoms with Crippen molar-refractivity contribution in [1.82, 2.24) is 4.98 Å². The summed E-state index contributed by atoms with van der Waals surface area (Å²) in [6.45, 7) is 1.44. The zero-order valence-electron chi connectivity index (χ0n) is 13.0. The molecule has 0 radical (unpaired) electrons. The van der Waals surface area contributed by atoms with Crippen molar-refractivity contribution in [2.75, 3.05) is 5.32 Å². The number of hydrogen-bond acceptors (Lipinski definition) is 2. The Hall–Kier alpha value is -3.21. The van der Waals surface area contributed by atoms with E-state index in [1.807, 2.05) is 18.2 Å². The third kappa shape index (κ3) is 3.57. The predicted octanol–water partition coefficient (Wildman–Crippen LogP) is 3.81. The molecule has 3 aromatic rings. The Morgan fingerprint density at radius 1 is 0.917 bits per heavy atom. The highest BCUT2D eigenvalue weighted by Gasteiger charge is 2.05. The maximum atomic E-state index is 13.1. The molecular formula is C19H15FN2O2. The Bertz CT molecular complexity index is 929. The number of pyridine rings is 1. The Morgan fingerprint density at radius 3 is 2.17 bits per heavy atom. The van der Waals surface area contributed by atoms with Gasteiger partial charge in [0, 0.05) is 24.4 Å². The fourth-order valence-electron chi connectivity index (χ4n) is 2.44. The SMILES string of the molecule is CC(=O)Nc1ccc(-c2cc(-c3ccc(F)cc3)[nH]c(=O)c2)cc1. The van der Waals surface area contributed by atoms with E-state index in [2.05, 4.69) is 10.3 Å². The Labute approximate surface area is 138 Å². The largest absolute Gasteiger partial charge is 0.326 e. The number of benzene rings is 2. The minimum Gasteiger partial charge on any atom is -0.326 e. The lowest BCUT2D eigenvalue weighted by atomic mass is 10.0. The smallest absolute Gasteiger partial charge is 0.249 e. The van der Waals surface area contributed by atoms with Crippen molar-refractivity contribution >= 4 is 11.6 Å². The van der Waals surface area contributed by atoms with Crippen LogP contribution in [0.5, 0.6) is 0 Å². The Balaban J connectivity index is 1.98. The van der Waals surface area contributed by atoms with Gasteiger partial charge >= 0.3 is 0 Å². The number of halogens is 1. The van der Waals surface area contributed by atoms with Crippen LogP contribution in [0.2, 0.25) is 0 Å². The summed E-state index contributed by atoms with van der Waals surface area (Å²) in [5, 5.41) is 2.70. The second-order valence-electron chi connectivity index (χ2n) is 5.41. The van der Waals surface area contributed by atoms with Gasteiger partial charge in [-0.15, -0.1) is 0 Å². The molecule has 2 N–H and O–H groups in total. The molecule has 24 heavy (non-hydrogen) atoms. The number of amides is 1. The molecule has 1 aromatic heterocycles. The number of aromatic amines is 1. The van der Waals surface area contributed by atoms with Crippen LogP contribution < -0.4 is 10.9 Å². The summed E-state index contributed by atoms with van der Waals surface area (Å²) in [5.74, 6) is -0.469. The van der Waals surface area contributed by atoms with Gasteiger partial charge in [0.25, 0.3) is 0 Å². The topological polar surface area (TPSA) is 62.0 Å². The molecule has 0 aliphatic carbocycles. The summed E-state index contributed by atoms with van der Waals surface area (Å²) in [7, 11) is 0. The van der Waals surface area contributed by atoms with Crippen LogP contribution in [0.3, 0.4) is 0 Å². The van der Waals surface area contributed by atoms with E-state index >= 15 is 0 Å². The van der Waals surface area contributed by atoms with Gasteiger partial charge in [0.1, 0.15) is 5.82 Å². The predicted molar refractivity (Wildman–Crippen MR) is 92.2 cm³/mol. The van der Waals surface area contributed by atoms with E-state index in [-0.39, 0.29) is 17.3 Å². The van der Waals surface area contributed by atoms with Gasteiger partial charge in [-0.1, -0.05) is 12.1 Å². The van der Waals surface area contributed by atoms with Crippen molar-refractivity contribution in [2.45, 2.75) is 6.92 Å². The van der Waals surface area contributed by atoms with Gasteiger partial charge < -0.3 is 10.3 Å². The first-order valence-electron chi connectivity index (χ1n) is 7.39. The molecule has 120 valence electrons. The van der Waals surface area contributed by atoms with Gasteiger partial charge in [-0.3, -0.25) is 9.59 Å². The van der Waals surface area contributed by atoms with E-state index in [0.29, 0.717) is 11.4 Å². The number of carbonyl (C=O) groups excluding carboxylic acids is 1. The third-order valence-corrected chi connectivity index (χ3v) is 3.54. The molecule has 0 bridgehead atoms. The first-order chi connectivity index (χ1) is 11.5. The van der Waals surface area contributed by atoms with Gasteiger partial charge in [0.2, 0.25) is 11.5 Å². The highest BCUT2D eigenvalue weighted by molar-refractivity contribution is 5.89. The minimum atomic E-state index is -0.328. The van der Waals surface area contributed by atoms with E-state index in [4.69, 9.17) is 0 Å². The van der Waals surface area contributed by atoms with Gasteiger partial charge in [-0.25, -0.2) is 4.39 Å². The molecule has 4 nitrogen and oxygen atoms in total. The average Bonchev–Trinajstić information content (AvgIpc) is 2.55.